The van der Waals surface area contributed by atoms with Gasteiger partial charge >= 0.3 is 23.9 Å². The Morgan fingerprint density at radius 2 is 1.61 bits per heavy atom. The number of aliphatic hydroxyl groups is 1. The molecule has 0 bridgehead atoms. The second-order valence-electron chi connectivity index (χ2n) is 14.7. The molecule has 0 aromatic carbocycles. The maximum Gasteiger partial charge on any atom is 0.345 e. The summed E-state index contributed by atoms with van der Waals surface area (Å²) in [4.78, 5) is 106. The number of ketones is 2. The van der Waals surface area contributed by atoms with E-state index in [0.717, 1.165) is 5.57 Å². The molecule has 4 aliphatic carbocycles. The third-order valence-corrected chi connectivity index (χ3v) is 11.6. The molecule has 0 radical (unpaired) electrons. The highest BCUT2D eigenvalue weighted by atomic mass is 17.0. The van der Waals surface area contributed by atoms with Gasteiger partial charge in [-0.05, 0) is 75.4 Å². The van der Waals surface area contributed by atoms with Crippen LogP contribution in [-0.2, 0) is 52.7 Å². The molecule has 19 heteroatoms. The van der Waals surface area contributed by atoms with Crippen LogP contribution >= 0.6 is 0 Å². The number of hydrogen-bond acceptors (Lipinski definition) is 16. The summed E-state index contributed by atoms with van der Waals surface area (Å²) in [5.41, 5.74) is -2.76. The number of ether oxygens (including phenoxy) is 3. The second kappa shape index (κ2) is 17.5. The molecule has 0 aromatic rings. The molecule has 0 spiro atoms. The predicted molar refractivity (Wildman–Crippen MR) is 179 cm³/mol. The van der Waals surface area contributed by atoms with E-state index in [2.05, 4.69) is 9.68 Å². The maximum absolute atomic E-state index is 14.3. The quantitative estimate of drug-likeness (QED) is 0.0592. The van der Waals surface area contributed by atoms with Crippen LogP contribution in [0.15, 0.2) is 23.8 Å². The largest absolute Gasteiger partial charge is 0.478 e. The lowest BCUT2D eigenvalue weighted by Crippen LogP contribution is -2.63. The Labute approximate surface area is 309 Å². The molecule has 3 saturated carbocycles. The molecule has 4 aliphatic rings. The number of nitrogens with zero attached hydrogens (tertiary/aromatic N) is 2. The Morgan fingerprint density at radius 1 is 0.944 bits per heavy atom. The fourth-order valence-corrected chi connectivity index (χ4v) is 9.15. The first-order valence-electron chi connectivity index (χ1n) is 17.9. The van der Waals surface area contributed by atoms with E-state index in [1.807, 2.05) is 13.0 Å². The maximum atomic E-state index is 14.3. The van der Waals surface area contributed by atoms with Gasteiger partial charge in [0.2, 0.25) is 11.9 Å². The third kappa shape index (κ3) is 9.22. The number of unbranched alkanes of at least 4 members (excludes halogenated alkanes) is 2. The van der Waals surface area contributed by atoms with Gasteiger partial charge in [0.05, 0.1) is 25.7 Å². The van der Waals surface area contributed by atoms with Crippen molar-refractivity contribution in [3.63, 3.8) is 0 Å². The highest BCUT2D eigenvalue weighted by molar-refractivity contribution is 6.01. The highest BCUT2D eigenvalue weighted by Gasteiger charge is 2.70. The Bertz CT molecular complexity index is 1580. The van der Waals surface area contributed by atoms with Gasteiger partial charge in [0.15, 0.2) is 18.0 Å². The van der Waals surface area contributed by atoms with Crippen molar-refractivity contribution in [2.24, 2.45) is 28.6 Å². The van der Waals surface area contributed by atoms with E-state index in [1.54, 1.807) is 13.0 Å². The summed E-state index contributed by atoms with van der Waals surface area (Å²) < 4.78 is 16.1. The molecule has 0 aliphatic heterocycles. The van der Waals surface area contributed by atoms with Crippen LogP contribution in [0.1, 0.15) is 90.9 Å². The number of fused-ring (bicyclic) bond motifs is 5. The first kappa shape index (κ1) is 41.8. The summed E-state index contributed by atoms with van der Waals surface area (Å²) in [7, 11) is 0. The number of carbonyl (C=O) groups excluding carboxylic acids is 5. The average Bonchev–Trinajstić information content (AvgIpc) is 3.38. The van der Waals surface area contributed by atoms with Gasteiger partial charge in [0.1, 0.15) is 0 Å². The Hall–Kier alpha value is -4.94. The van der Waals surface area contributed by atoms with Crippen LogP contribution in [-0.4, -0.2) is 93.5 Å². The smallest absolute Gasteiger partial charge is 0.345 e. The van der Waals surface area contributed by atoms with E-state index in [1.165, 1.54) is 6.08 Å². The minimum atomic E-state index is -1.94. The first-order valence-corrected chi connectivity index (χ1v) is 17.9. The van der Waals surface area contributed by atoms with Crippen molar-refractivity contribution in [3.05, 3.63) is 44.0 Å². The Morgan fingerprint density at radius 3 is 2.28 bits per heavy atom. The lowest BCUT2D eigenvalue weighted by molar-refractivity contribution is -0.757. The van der Waals surface area contributed by atoms with Gasteiger partial charge < -0.3 is 34.1 Å². The van der Waals surface area contributed by atoms with Crippen molar-refractivity contribution in [1.29, 1.82) is 0 Å². The number of carboxylic acids is 1. The lowest BCUT2D eigenvalue weighted by Gasteiger charge is -2.59. The summed E-state index contributed by atoms with van der Waals surface area (Å²) in [5, 5.41) is 40.2. The molecule has 0 amide bonds. The number of aliphatic carboxylic acids is 1. The molecule has 3 unspecified atom stereocenters. The summed E-state index contributed by atoms with van der Waals surface area (Å²) in [6.07, 6.45) is 2.78. The Kier molecular flexibility index (Phi) is 13.5. The normalized spacial score (nSPS) is 30.0. The number of esters is 3. The molecule has 2 N–H and O–H groups in total. The number of rotatable bonds is 20. The molecule has 3 fully saturated rings. The fourth-order valence-electron chi connectivity index (χ4n) is 9.15. The molecule has 0 heterocycles. The van der Waals surface area contributed by atoms with E-state index in [0.29, 0.717) is 25.7 Å². The van der Waals surface area contributed by atoms with E-state index in [9.17, 15) is 59.2 Å². The Balaban J connectivity index is 1.47. The lowest BCUT2D eigenvalue weighted by atomic mass is 9.46. The van der Waals surface area contributed by atoms with Crippen LogP contribution < -0.4 is 0 Å². The highest BCUT2D eigenvalue weighted by Crippen LogP contribution is 2.68. The zero-order chi connectivity index (χ0) is 39.8. The fraction of sp³-hybridized carbons (Fsp3) is 0.714. The number of Topliss-reactive ketones (excluding diaryl/α,β-unsaturated/α-hetero) is 1. The second-order valence-corrected chi connectivity index (χ2v) is 14.7. The average molecular weight is 767 g/mol. The minimum Gasteiger partial charge on any atom is -0.478 e. The van der Waals surface area contributed by atoms with Gasteiger partial charge in [0, 0.05) is 29.6 Å². The molecule has 0 aromatic heterocycles. The van der Waals surface area contributed by atoms with Gasteiger partial charge in [-0.15, -0.1) is 20.2 Å². The zero-order valence-electron chi connectivity index (χ0n) is 30.1. The number of aliphatic hydroxyl groups excluding tert-OH is 1. The SMILES string of the molecule is C[C@]12C=CC(=O)C=C1CCC1C3CC[C@](OC(=O)CCCO[N+](=O)[O-])(C(=O)COC(=O)CC(OC(=O)CCCCCO[N+](=O)[O-])C(=O)O)[C@@]3(C)C[C@H](O)[C@@H]12. The van der Waals surface area contributed by atoms with Crippen molar-refractivity contribution in [2.45, 2.75) is 109 Å². The van der Waals surface area contributed by atoms with Crippen LogP contribution in [0.25, 0.3) is 0 Å². The van der Waals surface area contributed by atoms with Gasteiger partial charge in [0.25, 0.3) is 10.2 Å². The number of carbonyl (C=O) groups is 6. The predicted octanol–water partition coefficient (Wildman–Crippen LogP) is 2.80. The number of carboxylic acid groups (broad SMARTS) is 1. The van der Waals surface area contributed by atoms with Crippen molar-refractivity contribution < 1.29 is 73.0 Å². The topological polar surface area (TPSA) is 275 Å². The van der Waals surface area contributed by atoms with Crippen molar-refractivity contribution >= 4 is 35.4 Å². The van der Waals surface area contributed by atoms with Crippen LogP contribution in [0, 0.1) is 48.8 Å². The summed E-state index contributed by atoms with van der Waals surface area (Å²) in [6, 6.07) is 0. The van der Waals surface area contributed by atoms with Crippen LogP contribution in [0.2, 0.25) is 0 Å². The van der Waals surface area contributed by atoms with Crippen molar-refractivity contribution in [1.82, 2.24) is 0 Å². The van der Waals surface area contributed by atoms with E-state index in [4.69, 9.17) is 14.2 Å². The van der Waals surface area contributed by atoms with Gasteiger partial charge in [-0.3, -0.25) is 24.0 Å². The molecular weight excluding hydrogens is 720 g/mol. The van der Waals surface area contributed by atoms with Gasteiger partial charge in [-0.2, -0.15) is 0 Å². The zero-order valence-corrected chi connectivity index (χ0v) is 30.1. The van der Waals surface area contributed by atoms with Crippen molar-refractivity contribution in [3.8, 4) is 0 Å². The standard InChI is InChI=1S/C35H46N2O17/c1-33-13-11-22(38)17-21(33)9-10-23-24-12-14-35(34(24,2)19-25(39)31(23)33,54-29(42)8-6-16-52-37(48)49)27(40)20-50-30(43)18-26(32(44)45)53-28(41)7-4-3-5-15-51-36(46)47/h11,13,17,23-26,31,39H,3-10,12,14-16,18-20H2,1-2H3,(H,44,45)/t23?,24?,25-,26?,31+,33-,34-,35-/m0/s1. The molecule has 8 atom stereocenters. The molecule has 298 valence electrons. The molecule has 54 heavy (non-hydrogen) atoms. The van der Waals surface area contributed by atoms with E-state index >= 15 is 0 Å². The minimum absolute atomic E-state index is 0.0128. The first-order chi connectivity index (χ1) is 25.4. The summed E-state index contributed by atoms with van der Waals surface area (Å²) in [6.45, 7) is 2.21. The molecular formula is C35H46N2O17. The third-order valence-electron chi connectivity index (χ3n) is 11.6. The monoisotopic (exact) mass is 766 g/mol. The van der Waals surface area contributed by atoms with E-state index in [-0.39, 0.29) is 75.1 Å². The molecule has 19 nitrogen and oxygen atoms in total. The number of hydrogen-bond donors (Lipinski definition) is 2. The molecule has 0 saturated heterocycles. The van der Waals surface area contributed by atoms with Gasteiger partial charge in [-0.25, -0.2) is 4.79 Å². The van der Waals surface area contributed by atoms with Crippen LogP contribution in [0.5, 0.6) is 0 Å². The van der Waals surface area contributed by atoms with E-state index < -0.39 is 88.1 Å². The summed E-state index contributed by atoms with van der Waals surface area (Å²) in [5.74, 6) is -6.29. The molecule has 4 rings (SSSR count). The van der Waals surface area contributed by atoms with Crippen LogP contribution in [0.3, 0.4) is 0 Å². The van der Waals surface area contributed by atoms with Crippen LogP contribution in [0.4, 0.5) is 0 Å². The number of allylic oxidation sites excluding steroid dienone is 4. The van der Waals surface area contributed by atoms with Crippen molar-refractivity contribution in [2.75, 3.05) is 19.8 Å². The summed E-state index contributed by atoms with van der Waals surface area (Å²) >= 11 is 0. The van der Waals surface area contributed by atoms with Gasteiger partial charge in [-0.1, -0.05) is 31.9 Å².